The number of dihydropyridines is 1. The molecule has 0 aliphatic carbocycles. The van der Waals surface area contributed by atoms with E-state index >= 15 is 0 Å². The van der Waals surface area contributed by atoms with E-state index in [9.17, 15) is 18.0 Å². The van der Waals surface area contributed by atoms with Gasteiger partial charge in [0.2, 0.25) is 5.78 Å². The number of rotatable bonds is 11. The van der Waals surface area contributed by atoms with Crippen LogP contribution in [0.5, 0.6) is 0 Å². The molecule has 0 aromatic heterocycles. The van der Waals surface area contributed by atoms with Gasteiger partial charge in [0.05, 0.1) is 6.21 Å². The standard InChI is InChI=1S/C36H35F3N2O2/c37-30-14-6-13-29(22-30)25-43-36-34(24-40-33(35(36)42)15-7-12-28-20-31(38)23-32(39)21-28)41-18-16-27(17-19-41)11-5-4-10-26-8-2-1-3-9-26/h1-3,6,8-9,11,13-15,20-24H,4-5,7,10,12,16-19,25H2/b33-15-. The predicted molar refractivity (Wildman–Crippen MR) is 163 cm³/mol. The van der Waals surface area contributed by atoms with Gasteiger partial charge in [-0.3, -0.25) is 9.79 Å². The van der Waals surface area contributed by atoms with Crippen LogP contribution in [-0.4, -0.2) is 30.0 Å². The van der Waals surface area contributed by atoms with Gasteiger partial charge in [0.1, 0.15) is 35.5 Å². The van der Waals surface area contributed by atoms with Gasteiger partial charge in [-0.15, -0.1) is 0 Å². The molecule has 2 aliphatic rings. The number of unbranched alkanes of at least 4 members (excludes halogenated alkanes) is 1. The molecule has 0 N–H and O–H groups in total. The Balaban J connectivity index is 1.25. The Labute approximate surface area is 250 Å². The smallest absolute Gasteiger partial charge is 0.247 e. The molecule has 43 heavy (non-hydrogen) atoms. The Hall–Kier alpha value is -4.39. The highest BCUT2D eigenvalue weighted by Crippen LogP contribution is 2.27. The molecule has 7 heteroatoms. The summed E-state index contributed by atoms with van der Waals surface area (Å²) in [5, 5.41) is 0. The number of carbonyl (C=O) groups is 1. The van der Waals surface area contributed by atoms with Crippen LogP contribution in [0.3, 0.4) is 0 Å². The SMILES string of the molecule is O=C1C(OCc2cccc(F)c2)=C(N2CCC(=CCCCc3ccccc3)CC2)C=N/C1=C\CCc1cc(F)cc(F)c1. The number of likely N-dealkylation sites (tertiary alicyclic amines) is 1. The van der Waals surface area contributed by atoms with Gasteiger partial charge in [0.25, 0.3) is 0 Å². The third kappa shape index (κ3) is 8.57. The maximum absolute atomic E-state index is 13.8. The van der Waals surface area contributed by atoms with Gasteiger partial charge >= 0.3 is 0 Å². The Morgan fingerprint density at radius 2 is 1.49 bits per heavy atom. The number of piperidine rings is 1. The van der Waals surface area contributed by atoms with Crippen molar-refractivity contribution in [3.05, 3.63) is 142 Å². The molecule has 3 aromatic carbocycles. The van der Waals surface area contributed by atoms with E-state index in [1.807, 2.05) is 6.07 Å². The first-order chi connectivity index (χ1) is 20.9. The summed E-state index contributed by atoms with van der Waals surface area (Å²) in [6.45, 7) is 1.50. The van der Waals surface area contributed by atoms with Gasteiger partial charge in [0.15, 0.2) is 5.76 Å². The fourth-order valence-corrected chi connectivity index (χ4v) is 5.40. The maximum Gasteiger partial charge on any atom is 0.247 e. The van der Waals surface area contributed by atoms with Crippen molar-refractivity contribution in [2.24, 2.45) is 4.99 Å². The average molecular weight is 585 g/mol. The van der Waals surface area contributed by atoms with E-state index in [-0.39, 0.29) is 29.7 Å². The summed E-state index contributed by atoms with van der Waals surface area (Å²) in [6, 6.07) is 20.0. The second kappa shape index (κ2) is 14.7. The average Bonchev–Trinajstić information content (AvgIpc) is 3.00. The number of benzene rings is 3. The largest absolute Gasteiger partial charge is 0.483 e. The lowest BCUT2D eigenvalue weighted by atomic mass is 9.99. The number of halogens is 3. The zero-order valence-electron chi connectivity index (χ0n) is 24.1. The predicted octanol–water partition coefficient (Wildman–Crippen LogP) is 8.05. The van der Waals surface area contributed by atoms with Gasteiger partial charge in [-0.1, -0.05) is 60.2 Å². The van der Waals surface area contributed by atoms with Crippen LogP contribution in [0.1, 0.15) is 48.8 Å². The molecule has 0 saturated carbocycles. The molecule has 222 valence electrons. The lowest BCUT2D eigenvalue weighted by molar-refractivity contribution is -0.116. The van der Waals surface area contributed by atoms with E-state index < -0.39 is 11.6 Å². The molecule has 1 fully saturated rings. The number of aliphatic imine (C=N–C) groups is 1. The fourth-order valence-electron chi connectivity index (χ4n) is 5.40. The molecule has 0 bridgehead atoms. The van der Waals surface area contributed by atoms with Crippen molar-refractivity contribution in [1.82, 2.24) is 4.90 Å². The van der Waals surface area contributed by atoms with E-state index in [0.717, 1.165) is 51.3 Å². The molecule has 0 unspecified atom stereocenters. The topological polar surface area (TPSA) is 41.9 Å². The van der Waals surface area contributed by atoms with Crippen LogP contribution in [0, 0.1) is 17.5 Å². The molecule has 3 aromatic rings. The number of hydrogen-bond acceptors (Lipinski definition) is 4. The summed E-state index contributed by atoms with van der Waals surface area (Å²) < 4.78 is 47.0. The minimum Gasteiger partial charge on any atom is -0.483 e. The van der Waals surface area contributed by atoms with Crippen LogP contribution in [0.15, 0.2) is 113 Å². The Bertz CT molecular complexity index is 1530. The second-order valence-corrected chi connectivity index (χ2v) is 10.9. The first-order valence-electron chi connectivity index (χ1n) is 14.8. The molecule has 2 aliphatic heterocycles. The van der Waals surface area contributed by atoms with Crippen molar-refractivity contribution in [1.29, 1.82) is 0 Å². The molecular formula is C36H35F3N2O2. The highest BCUT2D eigenvalue weighted by Gasteiger charge is 2.29. The zero-order chi connectivity index (χ0) is 30.0. The number of ether oxygens (including phenoxy) is 1. The number of Topliss-reactive ketones (excluding diaryl/α,β-unsaturated/α-hetero) is 1. The third-order valence-corrected chi connectivity index (χ3v) is 7.65. The number of carbonyl (C=O) groups excluding carboxylic acids is 1. The minimum absolute atomic E-state index is 0.0342. The number of nitrogens with zero attached hydrogens (tertiary/aromatic N) is 2. The minimum atomic E-state index is -0.637. The number of ketones is 1. The van der Waals surface area contributed by atoms with Crippen LogP contribution in [0.2, 0.25) is 0 Å². The van der Waals surface area contributed by atoms with Crippen LogP contribution < -0.4 is 0 Å². The third-order valence-electron chi connectivity index (χ3n) is 7.65. The maximum atomic E-state index is 13.8. The van der Waals surface area contributed by atoms with E-state index in [1.165, 1.54) is 35.4 Å². The number of aryl methyl sites for hydroxylation is 2. The van der Waals surface area contributed by atoms with Crippen molar-refractivity contribution in [2.45, 2.75) is 51.6 Å². The summed E-state index contributed by atoms with van der Waals surface area (Å²) in [4.78, 5) is 20.1. The second-order valence-electron chi connectivity index (χ2n) is 10.9. The molecule has 4 nitrogen and oxygen atoms in total. The number of hydrogen-bond donors (Lipinski definition) is 0. The Kier molecular flexibility index (Phi) is 10.3. The summed E-state index contributed by atoms with van der Waals surface area (Å²) >= 11 is 0. The molecule has 2 heterocycles. The van der Waals surface area contributed by atoms with Crippen LogP contribution >= 0.6 is 0 Å². The van der Waals surface area contributed by atoms with Crippen molar-refractivity contribution in [3.8, 4) is 0 Å². The van der Waals surface area contributed by atoms with Crippen molar-refractivity contribution in [2.75, 3.05) is 13.1 Å². The monoisotopic (exact) mass is 584 g/mol. The molecule has 0 amide bonds. The van der Waals surface area contributed by atoms with Gasteiger partial charge in [-0.2, -0.15) is 0 Å². The van der Waals surface area contributed by atoms with E-state index in [0.29, 0.717) is 29.7 Å². The summed E-state index contributed by atoms with van der Waals surface area (Å²) in [5.41, 5.74) is 4.71. The van der Waals surface area contributed by atoms with E-state index in [2.05, 4.69) is 40.2 Å². The van der Waals surface area contributed by atoms with Gasteiger partial charge in [0, 0.05) is 19.2 Å². The Morgan fingerprint density at radius 1 is 0.767 bits per heavy atom. The zero-order valence-corrected chi connectivity index (χ0v) is 24.1. The summed E-state index contributed by atoms with van der Waals surface area (Å²) in [7, 11) is 0. The van der Waals surface area contributed by atoms with Crippen LogP contribution in [0.25, 0.3) is 0 Å². The van der Waals surface area contributed by atoms with Crippen LogP contribution in [-0.2, 0) is 29.0 Å². The quantitative estimate of drug-likeness (QED) is 0.130. The van der Waals surface area contributed by atoms with E-state index in [1.54, 1.807) is 24.4 Å². The van der Waals surface area contributed by atoms with Crippen LogP contribution in [0.4, 0.5) is 13.2 Å². The molecule has 0 atom stereocenters. The van der Waals surface area contributed by atoms with E-state index in [4.69, 9.17) is 4.74 Å². The highest BCUT2D eigenvalue weighted by molar-refractivity contribution is 6.13. The molecular weight excluding hydrogens is 549 g/mol. The first-order valence-corrected chi connectivity index (χ1v) is 14.8. The Morgan fingerprint density at radius 3 is 2.23 bits per heavy atom. The molecule has 0 radical (unpaired) electrons. The van der Waals surface area contributed by atoms with Crippen molar-refractivity contribution < 1.29 is 22.7 Å². The normalized spacial score (nSPS) is 16.3. The lowest BCUT2D eigenvalue weighted by Gasteiger charge is -2.33. The summed E-state index contributed by atoms with van der Waals surface area (Å²) in [6.07, 6.45) is 11.4. The van der Waals surface area contributed by atoms with Gasteiger partial charge < -0.3 is 9.64 Å². The molecule has 5 rings (SSSR count). The van der Waals surface area contributed by atoms with Crippen molar-refractivity contribution in [3.63, 3.8) is 0 Å². The first kappa shape index (κ1) is 30.1. The van der Waals surface area contributed by atoms with Gasteiger partial charge in [-0.25, -0.2) is 13.2 Å². The fraction of sp³-hybridized carbons (Fsp3) is 0.278. The summed E-state index contributed by atoms with van der Waals surface area (Å²) in [5.74, 6) is -1.83. The van der Waals surface area contributed by atoms with Crippen molar-refractivity contribution >= 4 is 12.0 Å². The lowest BCUT2D eigenvalue weighted by Crippen LogP contribution is -2.34. The van der Waals surface area contributed by atoms with Gasteiger partial charge in [-0.05, 0) is 85.9 Å². The molecule has 1 saturated heterocycles. The highest BCUT2D eigenvalue weighted by atomic mass is 19.1. The molecule has 0 spiro atoms. The number of allylic oxidation sites excluding steroid dienone is 3.